The smallest absolute Gasteiger partial charge is 0.104 e. The van der Waals surface area contributed by atoms with Crippen molar-refractivity contribution in [3.8, 4) is 6.07 Å². The molecule has 2 N–H and O–H groups in total. The van der Waals surface area contributed by atoms with Crippen LogP contribution >= 0.6 is 11.3 Å². The van der Waals surface area contributed by atoms with Crippen molar-refractivity contribution >= 4 is 16.3 Å². The SMILES string of the molecule is CC1CCC(C)c2c1sc(N)c2C#N. The number of thiophene rings is 1. The van der Waals surface area contributed by atoms with Gasteiger partial charge in [0.1, 0.15) is 11.1 Å². The van der Waals surface area contributed by atoms with E-state index in [2.05, 4.69) is 19.9 Å². The highest BCUT2D eigenvalue weighted by Gasteiger charge is 2.28. The molecule has 0 fully saturated rings. The number of rotatable bonds is 0. The Morgan fingerprint density at radius 2 is 2.00 bits per heavy atom. The third-order valence-electron chi connectivity index (χ3n) is 3.09. The van der Waals surface area contributed by atoms with Crippen molar-refractivity contribution in [3.63, 3.8) is 0 Å². The quantitative estimate of drug-likeness (QED) is 0.708. The molecule has 14 heavy (non-hydrogen) atoms. The van der Waals surface area contributed by atoms with Crippen molar-refractivity contribution in [2.75, 3.05) is 5.73 Å². The van der Waals surface area contributed by atoms with Gasteiger partial charge in [-0.15, -0.1) is 11.3 Å². The molecule has 3 heteroatoms. The topological polar surface area (TPSA) is 49.8 Å². The van der Waals surface area contributed by atoms with Crippen LogP contribution in [-0.2, 0) is 0 Å². The first kappa shape index (κ1) is 9.54. The molecular weight excluding hydrogens is 192 g/mol. The molecule has 0 aromatic carbocycles. The Morgan fingerprint density at radius 3 is 2.64 bits per heavy atom. The maximum atomic E-state index is 9.04. The highest BCUT2D eigenvalue weighted by atomic mass is 32.1. The van der Waals surface area contributed by atoms with Gasteiger partial charge in [-0.05, 0) is 30.2 Å². The van der Waals surface area contributed by atoms with Crippen LogP contribution < -0.4 is 5.73 Å². The van der Waals surface area contributed by atoms with Gasteiger partial charge in [-0.2, -0.15) is 5.26 Å². The number of nitrogen functional groups attached to an aromatic ring is 1. The van der Waals surface area contributed by atoms with Gasteiger partial charge in [-0.1, -0.05) is 13.8 Å². The lowest BCUT2D eigenvalue weighted by Crippen LogP contribution is -2.08. The maximum absolute atomic E-state index is 9.04. The van der Waals surface area contributed by atoms with E-state index >= 15 is 0 Å². The van der Waals surface area contributed by atoms with Gasteiger partial charge in [-0.3, -0.25) is 0 Å². The molecule has 1 aliphatic rings. The largest absolute Gasteiger partial charge is 0.389 e. The van der Waals surface area contributed by atoms with Crippen molar-refractivity contribution in [3.05, 3.63) is 16.0 Å². The minimum Gasteiger partial charge on any atom is -0.389 e. The molecule has 0 amide bonds. The molecule has 1 aliphatic carbocycles. The second kappa shape index (κ2) is 3.29. The summed E-state index contributed by atoms with van der Waals surface area (Å²) in [6.07, 6.45) is 2.40. The Kier molecular flexibility index (Phi) is 2.24. The first-order chi connectivity index (χ1) is 6.65. The number of hydrogen-bond acceptors (Lipinski definition) is 3. The first-order valence-corrected chi connectivity index (χ1v) is 5.79. The van der Waals surface area contributed by atoms with Crippen LogP contribution in [0.4, 0.5) is 5.00 Å². The van der Waals surface area contributed by atoms with Gasteiger partial charge >= 0.3 is 0 Å². The number of anilines is 1. The van der Waals surface area contributed by atoms with Gasteiger partial charge in [0, 0.05) is 4.88 Å². The summed E-state index contributed by atoms with van der Waals surface area (Å²) in [5.74, 6) is 1.08. The molecule has 74 valence electrons. The highest BCUT2D eigenvalue weighted by molar-refractivity contribution is 7.16. The zero-order valence-corrected chi connectivity index (χ0v) is 9.32. The van der Waals surface area contributed by atoms with E-state index in [-0.39, 0.29) is 0 Å². The van der Waals surface area contributed by atoms with Crippen LogP contribution in [0.15, 0.2) is 0 Å². The molecule has 2 atom stereocenters. The van der Waals surface area contributed by atoms with Gasteiger partial charge in [-0.25, -0.2) is 0 Å². The molecule has 1 aromatic rings. The molecule has 0 saturated heterocycles. The fourth-order valence-corrected chi connectivity index (χ4v) is 3.45. The predicted octanol–water partition coefficient (Wildman–Crippen LogP) is 3.20. The third-order valence-corrected chi connectivity index (χ3v) is 4.35. The summed E-state index contributed by atoms with van der Waals surface area (Å²) in [5.41, 5.74) is 7.82. The van der Waals surface area contributed by atoms with E-state index in [4.69, 9.17) is 11.0 Å². The molecule has 2 rings (SSSR count). The third kappa shape index (κ3) is 1.22. The van der Waals surface area contributed by atoms with E-state index in [0.717, 1.165) is 5.56 Å². The normalized spacial score (nSPS) is 25.5. The molecule has 2 unspecified atom stereocenters. The van der Waals surface area contributed by atoms with Crippen molar-refractivity contribution in [2.45, 2.75) is 38.5 Å². The second-order valence-corrected chi connectivity index (χ2v) is 5.19. The summed E-state index contributed by atoms with van der Waals surface area (Å²) < 4.78 is 0. The Hall–Kier alpha value is -1.01. The number of nitrogens with two attached hydrogens (primary N) is 1. The molecule has 1 heterocycles. The number of nitriles is 1. The Bertz CT molecular complexity index is 400. The lowest BCUT2D eigenvalue weighted by molar-refractivity contribution is 0.536. The zero-order valence-electron chi connectivity index (χ0n) is 8.50. The molecule has 2 nitrogen and oxygen atoms in total. The van der Waals surface area contributed by atoms with Crippen LogP contribution in [0.2, 0.25) is 0 Å². The van der Waals surface area contributed by atoms with Crippen molar-refractivity contribution in [1.82, 2.24) is 0 Å². The summed E-state index contributed by atoms with van der Waals surface area (Å²) in [4.78, 5) is 1.35. The highest BCUT2D eigenvalue weighted by Crippen LogP contribution is 2.46. The summed E-state index contributed by atoms with van der Waals surface area (Å²) in [6.45, 7) is 4.42. The molecular formula is C11H14N2S. The Balaban J connectivity index is 2.63. The molecule has 0 bridgehead atoms. The first-order valence-electron chi connectivity index (χ1n) is 4.97. The fourth-order valence-electron chi connectivity index (χ4n) is 2.23. The van der Waals surface area contributed by atoms with Gasteiger partial charge in [0.2, 0.25) is 0 Å². The van der Waals surface area contributed by atoms with Gasteiger partial charge in [0.25, 0.3) is 0 Å². The fraction of sp³-hybridized carbons (Fsp3) is 0.545. The van der Waals surface area contributed by atoms with Crippen LogP contribution in [0.3, 0.4) is 0 Å². The molecule has 0 radical (unpaired) electrons. The van der Waals surface area contributed by atoms with Crippen LogP contribution in [0.5, 0.6) is 0 Å². The number of hydrogen-bond donors (Lipinski definition) is 1. The lowest BCUT2D eigenvalue weighted by atomic mass is 9.82. The van der Waals surface area contributed by atoms with Crippen LogP contribution in [0.1, 0.15) is 54.5 Å². The van der Waals surface area contributed by atoms with E-state index in [1.165, 1.54) is 23.3 Å². The molecule has 0 aliphatic heterocycles. The van der Waals surface area contributed by atoms with Crippen LogP contribution in [-0.4, -0.2) is 0 Å². The Morgan fingerprint density at radius 1 is 1.36 bits per heavy atom. The summed E-state index contributed by atoms with van der Waals surface area (Å²) in [6, 6.07) is 2.24. The van der Waals surface area contributed by atoms with E-state index in [0.29, 0.717) is 16.8 Å². The standard InChI is InChI=1S/C11H14N2S/c1-6-3-4-7(2)10-9(6)8(5-12)11(13)14-10/h6-7H,3-4,13H2,1-2H3. The lowest BCUT2D eigenvalue weighted by Gasteiger charge is -2.23. The van der Waals surface area contributed by atoms with E-state index in [9.17, 15) is 0 Å². The van der Waals surface area contributed by atoms with E-state index < -0.39 is 0 Å². The summed E-state index contributed by atoms with van der Waals surface area (Å²) in [5, 5.41) is 9.75. The van der Waals surface area contributed by atoms with Crippen molar-refractivity contribution in [1.29, 1.82) is 5.26 Å². The predicted molar refractivity (Wildman–Crippen MR) is 59.5 cm³/mol. The van der Waals surface area contributed by atoms with Crippen molar-refractivity contribution < 1.29 is 0 Å². The minimum absolute atomic E-state index is 0.504. The average molecular weight is 206 g/mol. The number of nitrogens with zero attached hydrogens (tertiary/aromatic N) is 1. The monoisotopic (exact) mass is 206 g/mol. The van der Waals surface area contributed by atoms with E-state index in [1.807, 2.05) is 0 Å². The summed E-state index contributed by atoms with van der Waals surface area (Å²) in [7, 11) is 0. The van der Waals surface area contributed by atoms with Gasteiger partial charge in [0.05, 0.1) is 5.56 Å². The van der Waals surface area contributed by atoms with Gasteiger partial charge in [0.15, 0.2) is 0 Å². The van der Waals surface area contributed by atoms with Crippen LogP contribution in [0, 0.1) is 11.3 Å². The maximum Gasteiger partial charge on any atom is 0.104 e. The molecule has 0 saturated carbocycles. The molecule has 0 spiro atoms. The van der Waals surface area contributed by atoms with Gasteiger partial charge < -0.3 is 5.73 Å². The van der Waals surface area contributed by atoms with Crippen molar-refractivity contribution in [2.24, 2.45) is 0 Å². The number of fused-ring (bicyclic) bond motifs is 1. The minimum atomic E-state index is 0.504. The second-order valence-electron chi connectivity index (χ2n) is 4.11. The van der Waals surface area contributed by atoms with Crippen LogP contribution in [0.25, 0.3) is 0 Å². The summed E-state index contributed by atoms with van der Waals surface area (Å²) >= 11 is 1.61. The average Bonchev–Trinajstić information content (AvgIpc) is 2.50. The zero-order chi connectivity index (χ0) is 10.3. The molecule has 1 aromatic heterocycles. The van der Waals surface area contributed by atoms with E-state index in [1.54, 1.807) is 11.3 Å². The Labute approximate surface area is 88.4 Å².